The molecule has 3 unspecified atom stereocenters. The average Bonchev–Trinajstić information content (AvgIpc) is 3.49. The van der Waals surface area contributed by atoms with Gasteiger partial charge in [0.1, 0.15) is 6.10 Å². The highest BCUT2D eigenvalue weighted by Crippen LogP contribution is 2.56. The van der Waals surface area contributed by atoms with Crippen molar-refractivity contribution >= 4 is 24.4 Å². The first kappa shape index (κ1) is 29.4. The SMILES string of the molecule is CC[C@H]1O[C@@H](C)[C@@H](C)C1O[P@@](=S)(OC[C@H]1O[C@@H](C)[C@@H](C)C1OC)O[C@H](CC)C1CCCN1C(C)=O. The van der Waals surface area contributed by atoms with E-state index in [1.165, 1.54) is 0 Å². The summed E-state index contributed by atoms with van der Waals surface area (Å²) in [7, 11) is 1.70. The molecule has 0 N–H and O–H groups in total. The number of likely N-dealkylation sites (tertiary alicyclic amines) is 1. The van der Waals surface area contributed by atoms with Crippen LogP contribution in [0.15, 0.2) is 0 Å². The van der Waals surface area contributed by atoms with Gasteiger partial charge in [-0.05, 0) is 51.3 Å². The van der Waals surface area contributed by atoms with Crippen molar-refractivity contribution < 1.29 is 32.6 Å². The maximum absolute atomic E-state index is 12.3. The highest BCUT2D eigenvalue weighted by molar-refractivity contribution is 8.07. The molecule has 0 aromatic rings. The van der Waals surface area contributed by atoms with Crippen LogP contribution in [-0.2, 0) is 44.4 Å². The zero-order valence-corrected chi connectivity index (χ0v) is 24.4. The third kappa shape index (κ3) is 6.66. The molecule has 3 aliphatic rings. The molecular weight excluding hydrogens is 489 g/mol. The Hall–Kier alpha value is -0.120. The van der Waals surface area contributed by atoms with Gasteiger partial charge in [-0.15, -0.1) is 0 Å². The lowest BCUT2D eigenvalue weighted by atomic mass is 9.98. The highest BCUT2D eigenvalue weighted by Gasteiger charge is 2.46. The highest BCUT2D eigenvalue weighted by atomic mass is 32.5. The van der Waals surface area contributed by atoms with Crippen LogP contribution in [0.5, 0.6) is 0 Å². The molecule has 0 aromatic carbocycles. The largest absolute Gasteiger partial charge is 0.378 e. The van der Waals surface area contributed by atoms with E-state index in [2.05, 4.69) is 34.6 Å². The molecule has 0 radical (unpaired) electrons. The van der Waals surface area contributed by atoms with Crippen molar-refractivity contribution in [1.82, 2.24) is 4.90 Å². The second kappa shape index (κ2) is 12.6. The molecule has 35 heavy (non-hydrogen) atoms. The monoisotopic (exact) mass is 535 g/mol. The van der Waals surface area contributed by atoms with Gasteiger partial charge in [0, 0.05) is 32.4 Å². The van der Waals surface area contributed by atoms with Crippen LogP contribution in [0.3, 0.4) is 0 Å². The fraction of sp³-hybridized carbons (Fsp3) is 0.960. The number of ether oxygens (including phenoxy) is 3. The fourth-order valence-corrected chi connectivity index (χ4v) is 8.27. The molecule has 8 nitrogen and oxygen atoms in total. The zero-order valence-electron chi connectivity index (χ0n) is 22.7. The van der Waals surface area contributed by atoms with Crippen molar-refractivity contribution in [3.05, 3.63) is 0 Å². The fourth-order valence-electron chi connectivity index (χ4n) is 5.71. The van der Waals surface area contributed by atoms with Gasteiger partial charge in [-0.25, -0.2) is 0 Å². The summed E-state index contributed by atoms with van der Waals surface area (Å²) in [6, 6.07) is -0.0281. The Morgan fingerprint density at radius 2 is 1.71 bits per heavy atom. The summed E-state index contributed by atoms with van der Waals surface area (Å²) < 4.78 is 37.6. The number of amides is 1. The van der Waals surface area contributed by atoms with Gasteiger partial charge < -0.3 is 32.7 Å². The molecule has 11 atom stereocenters. The van der Waals surface area contributed by atoms with Crippen LogP contribution in [0.1, 0.15) is 74.1 Å². The topological polar surface area (TPSA) is 75.7 Å². The molecule has 0 aromatic heterocycles. The summed E-state index contributed by atoms with van der Waals surface area (Å²) in [5, 5.41) is 0. The number of hydrogen-bond donors (Lipinski definition) is 0. The molecule has 3 fully saturated rings. The third-order valence-electron chi connectivity index (χ3n) is 8.15. The summed E-state index contributed by atoms with van der Waals surface area (Å²) in [5.74, 6) is 0.463. The Balaban J connectivity index is 1.81. The Labute approximate surface area is 216 Å². The van der Waals surface area contributed by atoms with Crippen molar-refractivity contribution in [2.45, 2.75) is 123 Å². The second-order valence-electron chi connectivity index (χ2n) is 10.4. The van der Waals surface area contributed by atoms with E-state index >= 15 is 0 Å². The van der Waals surface area contributed by atoms with Gasteiger partial charge in [0.15, 0.2) is 0 Å². The first-order valence-electron chi connectivity index (χ1n) is 13.3. The summed E-state index contributed by atoms with van der Waals surface area (Å²) in [6.07, 6.45) is 2.62. The van der Waals surface area contributed by atoms with E-state index in [4.69, 9.17) is 39.6 Å². The summed E-state index contributed by atoms with van der Waals surface area (Å²) in [5.41, 5.74) is 0. The molecule has 3 saturated heterocycles. The Kier molecular flexibility index (Phi) is 10.6. The molecule has 3 heterocycles. The molecule has 3 rings (SSSR count). The molecule has 1 amide bonds. The van der Waals surface area contributed by atoms with Gasteiger partial charge in [0.25, 0.3) is 0 Å². The van der Waals surface area contributed by atoms with Crippen molar-refractivity contribution in [2.75, 3.05) is 20.3 Å². The van der Waals surface area contributed by atoms with Crippen molar-refractivity contribution in [2.24, 2.45) is 11.8 Å². The van der Waals surface area contributed by atoms with Gasteiger partial charge in [0.2, 0.25) is 5.91 Å². The molecule has 0 saturated carbocycles. The van der Waals surface area contributed by atoms with Crippen molar-refractivity contribution in [3.63, 3.8) is 0 Å². The minimum Gasteiger partial charge on any atom is -0.378 e. The number of methoxy groups -OCH3 is 1. The molecule has 0 aliphatic carbocycles. The van der Waals surface area contributed by atoms with Crippen LogP contribution < -0.4 is 0 Å². The molecule has 204 valence electrons. The number of nitrogens with zero attached hydrogens (tertiary/aromatic N) is 1. The summed E-state index contributed by atoms with van der Waals surface area (Å²) in [4.78, 5) is 14.2. The van der Waals surface area contributed by atoms with Crippen molar-refractivity contribution in [3.8, 4) is 0 Å². The van der Waals surface area contributed by atoms with Gasteiger partial charge in [-0.3, -0.25) is 4.79 Å². The maximum Gasteiger partial charge on any atom is 0.327 e. The summed E-state index contributed by atoms with van der Waals surface area (Å²) >= 11 is 6.07. The lowest BCUT2D eigenvalue weighted by Gasteiger charge is -2.36. The normalized spacial score (nSPS) is 40.2. The first-order valence-corrected chi connectivity index (χ1v) is 15.8. The van der Waals surface area contributed by atoms with Gasteiger partial charge in [-0.1, -0.05) is 27.7 Å². The molecule has 3 aliphatic heterocycles. The number of rotatable bonds is 11. The van der Waals surface area contributed by atoms with Crippen LogP contribution in [0.2, 0.25) is 0 Å². The van der Waals surface area contributed by atoms with Crippen LogP contribution in [-0.4, -0.2) is 79.8 Å². The van der Waals surface area contributed by atoms with E-state index < -0.39 is 6.72 Å². The van der Waals surface area contributed by atoms with E-state index in [9.17, 15) is 4.79 Å². The van der Waals surface area contributed by atoms with Crippen LogP contribution >= 0.6 is 6.72 Å². The van der Waals surface area contributed by atoms with Gasteiger partial charge in [-0.2, -0.15) is 0 Å². The van der Waals surface area contributed by atoms with E-state index in [1.807, 2.05) is 11.8 Å². The Bertz CT molecular complexity index is 757. The molecular formula is C25H46NO7PS. The van der Waals surface area contributed by atoms with E-state index in [0.29, 0.717) is 6.42 Å². The lowest BCUT2D eigenvalue weighted by molar-refractivity contribution is -0.131. The van der Waals surface area contributed by atoms with E-state index in [1.54, 1.807) is 14.0 Å². The minimum absolute atomic E-state index is 0.0281. The van der Waals surface area contributed by atoms with Crippen LogP contribution in [0.4, 0.5) is 0 Å². The zero-order chi connectivity index (χ0) is 25.9. The predicted molar refractivity (Wildman–Crippen MR) is 139 cm³/mol. The van der Waals surface area contributed by atoms with Gasteiger partial charge >= 0.3 is 6.72 Å². The maximum atomic E-state index is 12.3. The van der Waals surface area contributed by atoms with Crippen LogP contribution in [0, 0.1) is 11.8 Å². The third-order valence-corrected chi connectivity index (χ3v) is 10.5. The number of carbonyl (C=O) groups excluding carboxylic acids is 1. The van der Waals surface area contributed by atoms with E-state index in [-0.39, 0.29) is 73.1 Å². The van der Waals surface area contributed by atoms with Gasteiger partial charge in [0.05, 0.1) is 49.3 Å². The predicted octanol–water partition coefficient (Wildman–Crippen LogP) is 4.69. The van der Waals surface area contributed by atoms with Crippen molar-refractivity contribution in [1.29, 1.82) is 0 Å². The molecule has 0 bridgehead atoms. The number of carbonyl (C=O) groups is 1. The van der Waals surface area contributed by atoms with Crippen LogP contribution in [0.25, 0.3) is 0 Å². The second-order valence-corrected chi connectivity index (χ2v) is 13.3. The quantitative estimate of drug-likeness (QED) is 0.353. The average molecular weight is 536 g/mol. The standard InChI is InChI=1S/C25H46NO7PS/c1-9-21(20-12-11-13-26(20)19(7)27)32-34(35,33-25-16(4)18(6)30-22(25)10-2)29-14-23-24(28-8)15(3)17(5)31-23/h15-18,20-25H,9-14H2,1-8H3/t15-,16-,17+,18+,20?,21-,22-,23-,24?,25?,34-/m1/s1. The first-order chi connectivity index (χ1) is 16.5. The molecule has 0 spiro atoms. The van der Waals surface area contributed by atoms with E-state index in [0.717, 1.165) is 25.8 Å². The molecule has 10 heteroatoms. The Morgan fingerprint density at radius 1 is 1.09 bits per heavy atom. The summed E-state index contributed by atoms with van der Waals surface area (Å²) in [6.45, 7) is 11.9. The smallest absolute Gasteiger partial charge is 0.327 e. The lowest BCUT2D eigenvalue weighted by Crippen LogP contribution is -2.43. The number of hydrogen-bond acceptors (Lipinski definition) is 8. The minimum atomic E-state index is -3.21. The Morgan fingerprint density at radius 3 is 2.29 bits per heavy atom.